The number of carbonyl (C=O) groups is 1. The number of nitrogens with one attached hydrogen (secondary N) is 1. The van der Waals surface area contributed by atoms with Crippen molar-refractivity contribution >= 4 is 38.3 Å². The molecule has 7 nitrogen and oxygen atoms in total. The van der Waals surface area contributed by atoms with Crippen molar-refractivity contribution in [3.05, 3.63) is 51.9 Å². The number of thiazole rings is 1. The molecule has 1 aromatic carbocycles. The first-order chi connectivity index (χ1) is 11.5. The van der Waals surface area contributed by atoms with Gasteiger partial charge in [0.1, 0.15) is 15.8 Å². The Bertz CT molecular complexity index is 960. The molecule has 0 aliphatic heterocycles. The Hall–Kier alpha value is -2.87. The van der Waals surface area contributed by atoms with Crippen molar-refractivity contribution in [2.75, 3.05) is 17.8 Å². The number of hydrogen-bond acceptors (Lipinski definition) is 7. The van der Waals surface area contributed by atoms with Crippen molar-refractivity contribution in [3.8, 4) is 0 Å². The van der Waals surface area contributed by atoms with E-state index in [0.717, 1.165) is 16.9 Å². The molecule has 0 bridgehead atoms. The minimum atomic E-state index is -0.549. The maximum atomic E-state index is 12.6. The quantitative estimate of drug-likeness (QED) is 0.705. The minimum absolute atomic E-state index is 0.194. The summed E-state index contributed by atoms with van der Waals surface area (Å²) >= 11 is 1.04. The molecule has 8 heteroatoms. The summed E-state index contributed by atoms with van der Waals surface area (Å²) in [6.07, 6.45) is 1.39. The Balaban J connectivity index is 2.13. The molecule has 124 valence electrons. The van der Waals surface area contributed by atoms with Crippen LogP contribution in [0.25, 0.3) is 10.2 Å². The normalized spacial score (nSPS) is 10.8. The SMILES string of the molecule is CCOC(=O)c1cn(Nc2ccc(C)cc2)c(=O)c2sc(N)nc12. The van der Waals surface area contributed by atoms with E-state index in [4.69, 9.17) is 10.5 Å². The molecule has 0 aliphatic rings. The van der Waals surface area contributed by atoms with Crippen LogP contribution in [0.4, 0.5) is 10.8 Å². The molecule has 0 aliphatic carbocycles. The molecule has 0 fully saturated rings. The van der Waals surface area contributed by atoms with Crippen LogP contribution in [0.1, 0.15) is 22.8 Å². The summed E-state index contributed by atoms with van der Waals surface area (Å²) in [5.41, 5.74) is 10.6. The van der Waals surface area contributed by atoms with Crippen LogP contribution in [0.5, 0.6) is 0 Å². The first kappa shape index (κ1) is 16.0. The number of fused-ring (bicyclic) bond motifs is 1. The number of hydrogen-bond donors (Lipinski definition) is 2. The lowest BCUT2D eigenvalue weighted by Gasteiger charge is -2.11. The fourth-order valence-corrected chi connectivity index (χ4v) is 3.01. The van der Waals surface area contributed by atoms with E-state index in [1.165, 1.54) is 10.9 Å². The molecule has 0 amide bonds. The highest BCUT2D eigenvalue weighted by Gasteiger charge is 2.19. The summed E-state index contributed by atoms with van der Waals surface area (Å²) in [5.74, 6) is -0.549. The summed E-state index contributed by atoms with van der Waals surface area (Å²) in [6, 6.07) is 7.53. The molecule has 0 unspecified atom stereocenters. The second-order valence-electron chi connectivity index (χ2n) is 5.15. The smallest absolute Gasteiger partial charge is 0.341 e. The van der Waals surface area contributed by atoms with E-state index in [2.05, 4.69) is 10.4 Å². The van der Waals surface area contributed by atoms with Gasteiger partial charge < -0.3 is 10.5 Å². The number of ether oxygens (including phenoxy) is 1. The number of rotatable bonds is 4. The van der Waals surface area contributed by atoms with Gasteiger partial charge in [-0.1, -0.05) is 29.0 Å². The van der Waals surface area contributed by atoms with Crippen molar-refractivity contribution < 1.29 is 9.53 Å². The molecule has 0 saturated carbocycles. The molecule has 24 heavy (non-hydrogen) atoms. The second-order valence-corrected chi connectivity index (χ2v) is 6.18. The molecule has 3 N–H and O–H groups in total. The molecular weight excluding hydrogens is 328 g/mol. The van der Waals surface area contributed by atoms with Gasteiger partial charge in [0.05, 0.1) is 12.3 Å². The lowest BCUT2D eigenvalue weighted by molar-refractivity contribution is 0.0527. The third-order valence-corrected chi connectivity index (χ3v) is 4.24. The largest absolute Gasteiger partial charge is 0.462 e. The molecule has 0 spiro atoms. The van der Waals surface area contributed by atoms with Gasteiger partial charge in [-0.2, -0.15) is 0 Å². The number of nitrogen functional groups attached to an aromatic ring is 1. The second kappa shape index (κ2) is 6.32. The zero-order valence-electron chi connectivity index (χ0n) is 13.2. The lowest BCUT2D eigenvalue weighted by atomic mass is 10.2. The molecular formula is C16H16N4O3S. The van der Waals surface area contributed by atoms with Crippen LogP contribution >= 0.6 is 11.3 Å². The first-order valence-electron chi connectivity index (χ1n) is 7.32. The zero-order valence-corrected chi connectivity index (χ0v) is 14.0. The number of pyridine rings is 1. The summed E-state index contributed by atoms with van der Waals surface area (Å²) in [4.78, 5) is 28.9. The molecule has 0 radical (unpaired) electrons. The van der Waals surface area contributed by atoms with Crippen molar-refractivity contribution in [1.82, 2.24) is 9.66 Å². The summed E-state index contributed by atoms with van der Waals surface area (Å²) in [5, 5.41) is 0.223. The van der Waals surface area contributed by atoms with Gasteiger partial charge in [-0.05, 0) is 26.0 Å². The van der Waals surface area contributed by atoms with Crippen molar-refractivity contribution in [1.29, 1.82) is 0 Å². The highest BCUT2D eigenvalue weighted by Crippen LogP contribution is 2.24. The van der Waals surface area contributed by atoms with Crippen molar-refractivity contribution in [2.24, 2.45) is 0 Å². The van der Waals surface area contributed by atoms with Crippen LogP contribution in [0, 0.1) is 6.92 Å². The van der Waals surface area contributed by atoms with E-state index in [9.17, 15) is 9.59 Å². The van der Waals surface area contributed by atoms with E-state index in [1.807, 2.05) is 31.2 Å². The Labute approximate surface area is 141 Å². The maximum absolute atomic E-state index is 12.6. The average molecular weight is 344 g/mol. The zero-order chi connectivity index (χ0) is 17.3. The van der Waals surface area contributed by atoms with Gasteiger partial charge in [0, 0.05) is 6.20 Å². The number of anilines is 2. The van der Waals surface area contributed by atoms with E-state index >= 15 is 0 Å². The van der Waals surface area contributed by atoms with Crippen LogP contribution in [0.15, 0.2) is 35.3 Å². The Morgan fingerprint density at radius 3 is 2.75 bits per heavy atom. The topological polar surface area (TPSA) is 99.2 Å². The number of aryl methyl sites for hydroxylation is 1. The van der Waals surface area contributed by atoms with Gasteiger partial charge in [-0.25, -0.2) is 14.5 Å². The van der Waals surface area contributed by atoms with Crippen molar-refractivity contribution in [2.45, 2.75) is 13.8 Å². The number of benzene rings is 1. The summed E-state index contributed by atoms with van der Waals surface area (Å²) in [6.45, 7) is 3.91. The highest BCUT2D eigenvalue weighted by molar-refractivity contribution is 7.22. The van der Waals surface area contributed by atoms with Crippen LogP contribution in [0.2, 0.25) is 0 Å². The molecule has 3 aromatic rings. The summed E-state index contributed by atoms with van der Waals surface area (Å²) < 4.78 is 6.60. The lowest BCUT2D eigenvalue weighted by Crippen LogP contribution is -2.27. The maximum Gasteiger partial charge on any atom is 0.341 e. The predicted molar refractivity (Wildman–Crippen MR) is 94.4 cm³/mol. The van der Waals surface area contributed by atoms with Gasteiger partial charge in [-0.3, -0.25) is 10.2 Å². The molecule has 2 heterocycles. The number of carbonyl (C=O) groups excluding carboxylic acids is 1. The van der Waals surface area contributed by atoms with Crippen LogP contribution in [-0.4, -0.2) is 22.2 Å². The Kier molecular flexibility index (Phi) is 4.22. The van der Waals surface area contributed by atoms with Crippen LogP contribution in [-0.2, 0) is 4.74 Å². The molecule has 3 rings (SSSR count). The average Bonchev–Trinajstić information content (AvgIpc) is 2.94. The van der Waals surface area contributed by atoms with Gasteiger partial charge in [0.25, 0.3) is 5.56 Å². The molecule has 0 atom stereocenters. The van der Waals surface area contributed by atoms with E-state index in [1.54, 1.807) is 6.92 Å². The standard InChI is InChI=1S/C16H16N4O3S/c1-3-23-15(22)11-8-20(19-10-6-4-9(2)5-7-10)14(21)13-12(11)18-16(17)24-13/h4-8,19H,3H2,1-2H3,(H2,17,18). The van der Waals surface area contributed by atoms with Crippen LogP contribution < -0.4 is 16.7 Å². The number of nitrogens with two attached hydrogens (primary N) is 1. The first-order valence-corrected chi connectivity index (χ1v) is 8.13. The Morgan fingerprint density at radius 2 is 2.08 bits per heavy atom. The van der Waals surface area contributed by atoms with Crippen LogP contribution in [0.3, 0.4) is 0 Å². The number of aromatic nitrogens is 2. The van der Waals surface area contributed by atoms with E-state index < -0.39 is 5.97 Å². The third kappa shape index (κ3) is 2.95. The highest BCUT2D eigenvalue weighted by atomic mass is 32.1. The van der Waals surface area contributed by atoms with Gasteiger partial charge in [0.2, 0.25) is 0 Å². The number of nitrogens with zero attached hydrogens (tertiary/aromatic N) is 2. The van der Waals surface area contributed by atoms with Gasteiger partial charge in [-0.15, -0.1) is 0 Å². The molecule has 2 aromatic heterocycles. The number of esters is 1. The third-order valence-electron chi connectivity index (χ3n) is 3.37. The Morgan fingerprint density at radius 1 is 1.38 bits per heavy atom. The minimum Gasteiger partial charge on any atom is -0.462 e. The van der Waals surface area contributed by atoms with Gasteiger partial charge in [0.15, 0.2) is 5.13 Å². The fourth-order valence-electron chi connectivity index (χ4n) is 2.23. The summed E-state index contributed by atoms with van der Waals surface area (Å²) in [7, 11) is 0. The van der Waals surface area contributed by atoms with Gasteiger partial charge >= 0.3 is 5.97 Å². The van der Waals surface area contributed by atoms with E-state index in [0.29, 0.717) is 10.4 Å². The van der Waals surface area contributed by atoms with Crippen molar-refractivity contribution in [3.63, 3.8) is 0 Å². The van der Waals surface area contributed by atoms with E-state index in [-0.39, 0.29) is 28.4 Å². The predicted octanol–water partition coefficient (Wildman–Crippen LogP) is 2.40. The fraction of sp³-hybridized carbons (Fsp3) is 0.188. The molecule has 0 saturated heterocycles. The monoisotopic (exact) mass is 344 g/mol.